The van der Waals surface area contributed by atoms with Gasteiger partial charge in [-0.05, 0) is 31.2 Å². The van der Waals surface area contributed by atoms with Gasteiger partial charge in [0, 0.05) is 16.6 Å². The standard InChI is InChI=1S/C21H20BrN3O2S/c1-3-12-25-20(13-27-18-10-4-15(2)5-11-18)23-24-21(25)28-14-19(26)16-6-8-17(22)9-7-16/h3-11H,1,12-14H2,2H3. The zero-order valence-electron chi connectivity index (χ0n) is 15.5. The van der Waals surface area contributed by atoms with E-state index in [4.69, 9.17) is 4.74 Å². The van der Waals surface area contributed by atoms with E-state index < -0.39 is 0 Å². The second-order valence-corrected chi connectivity index (χ2v) is 7.98. The second-order valence-electron chi connectivity index (χ2n) is 6.12. The smallest absolute Gasteiger partial charge is 0.192 e. The fraction of sp³-hybridized carbons (Fsp3) is 0.190. The summed E-state index contributed by atoms with van der Waals surface area (Å²) in [6.07, 6.45) is 1.78. The van der Waals surface area contributed by atoms with Crippen LogP contribution in [0.3, 0.4) is 0 Å². The molecule has 144 valence electrons. The second kappa shape index (κ2) is 9.71. The molecule has 0 unspecified atom stereocenters. The van der Waals surface area contributed by atoms with Crippen molar-refractivity contribution in [1.29, 1.82) is 0 Å². The Hall–Kier alpha value is -2.38. The molecule has 2 aromatic carbocycles. The lowest BCUT2D eigenvalue weighted by molar-refractivity contribution is 0.102. The summed E-state index contributed by atoms with van der Waals surface area (Å²) in [7, 11) is 0. The molecule has 0 bridgehead atoms. The molecule has 0 atom stereocenters. The summed E-state index contributed by atoms with van der Waals surface area (Å²) in [6, 6.07) is 15.2. The highest BCUT2D eigenvalue weighted by Crippen LogP contribution is 2.21. The van der Waals surface area contributed by atoms with E-state index in [9.17, 15) is 4.79 Å². The molecule has 28 heavy (non-hydrogen) atoms. The highest BCUT2D eigenvalue weighted by Gasteiger charge is 2.15. The number of carbonyl (C=O) groups excluding carboxylic acids is 1. The monoisotopic (exact) mass is 457 g/mol. The number of benzene rings is 2. The summed E-state index contributed by atoms with van der Waals surface area (Å²) in [5.41, 5.74) is 1.85. The van der Waals surface area contributed by atoms with Gasteiger partial charge in [0.25, 0.3) is 0 Å². The number of carbonyl (C=O) groups is 1. The van der Waals surface area contributed by atoms with E-state index in [1.54, 1.807) is 6.08 Å². The quantitative estimate of drug-likeness (QED) is 0.254. The molecule has 1 aromatic heterocycles. The molecule has 0 amide bonds. The fourth-order valence-electron chi connectivity index (χ4n) is 2.48. The molecule has 0 N–H and O–H groups in total. The van der Waals surface area contributed by atoms with Gasteiger partial charge < -0.3 is 4.74 Å². The van der Waals surface area contributed by atoms with Crippen LogP contribution in [-0.2, 0) is 13.2 Å². The van der Waals surface area contributed by atoms with Gasteiger partial charge in [0.05, 0.1) is 5.75 Å². The molecule has 0 saturated heterocycles. The highest BCUT2D eigenvalue weighted by molar-refractivity contribution is 9.10. The van der Waals surface area contributed by atoms with E-state index >= 15 is 0 Å². The fourth-order valence-corrected chi connectivity index (χ4v) is 3.60. The Labute approximate surface area is 177 Å². The Kier molecular flexibility index (Phi) is 7.06. The van der Waals surface area contributed by atoms with E-state index in [1.165, 1.54) is 17.3 Å². The number of allylic oxidation sites excluding steroid dienone is 1. The third-order valence-electron chi connectivity index (χ3n) is 3.99. The van der Waals surface area contributed by atoms with Gasteiger partial charge in [0.1, 0.15) is 12.4 Å². The van der Waals surface area contributed by atoms with Crippen LogP contribution in [0.5, 0.6) is 5.75 Å². The van der Waals surface area contributed by atoms with Crippen molar-refractivity contribution >= 4 is 33.5 Å². The van der Waals surface area contributed by atoms with E-state index in [0.717, 1.165) is 10.2 Å². The van der Waals surface area contributed by atoms with Gasteiger partial charge in [-0.15, -0.1) is 16.8 Å². The zero-order chi connectivity index (χ0) is 19.9. The maximum atomic E-state index is 12.4. The van der Waals surface area contributed by atoms with Gasteiger partial charge in [-0.3, -0.25) is 9.36 Å². The van der Waals surface area contributed by atoms with Gasteiger partial charge in [-0.1, -0.05) is 63.6 Å². The van der Waals surface area contributed by atoms with Crippen molar-refractivity contribution in [1.82, 2.24) is 14.8 Å². The lowest BCUT2D eigenvalue weighted by Gasteiger charge is -2.09. The average molecular weight is 458 g/mol. The number of hydrogen-bond acceptors (Lipinski definition) is 5. The van der Waals surface area contributed by atoms with Crippen LogP contribution in [-0.4, -0.2) is 26.3 Å². The number of aromatic nitrogens is 3. The van der Waals surface area contributed by atoms with Gasteiger partial charge in [0.15, 0.2) is 16.8 Å². The summed E-state index contributed by atoms with van der Waals surface area (Å²) in [5.74, 6) is 1.80. The topological polar surface area (TPSA) is 57.0 Å². The Bertz CT molecular complexity index is 953. The molecule has 0 fully saturated rings. The number of ether oxygens (including phenoxy) is 1. The number of ketones is 1. The Morgan fingerprint density at radius 3 is 2.57 bits per heavy atom. The number of aryl methyl sites for hydroxylation is 1. The average Bonchev–Trinajstić information content (AvgIpc) is 3.08. The Morgan fingerprint density at radius 1 is 1.18 bits per heavy atom. The minimum atomic E-state index is 0.0445. The molecule has 0 aliphatic heterocycles. The van der Waals surface area contributed by atoms with Crippen molar-refractivity contribution in [2.24, 2.45) is 0 Å². The van der Waals surface area contributed by atoms with Crippen LogP contribution >= 0.6 is 27.7 Å². The van der Waals surface area contributed by atoms with Crippen LogP contribution in [0.15, 0.2) is 70.8 Å². The van der Waals surface area contributed by atoms with Crippen molar-refractivity contribution in [3.05, 3.63) is 82.6 Å². The number of hydrogen-bond donors (Lipinski definition) is 0. The van der Waals surface area contributed by atoms with Crippen LogP contribution in [0.1, 0.15) is 21.7 Å². The molecule has 7 heteroatoms. The van der Waals surface area contributed by atoms with E-state index in [1.807, 2.05) is 60.0 Å². The molecule has 0 aliphatic rings. The van der Waals surface area contributed by atoms with Gasteiger partial charge in [-0.25, -0.2) is 0 Å². The number of rotatable bonds is 9. The van der Waals surface area contributed by atoms with Crippen molar-refractivity contribution in [3.63, 3.8) is 0 Å². The molecular weight excluding hydrogens is 438 g/mol. The normalized spacial score (nSPS) is 10.6. The first kappa shape index (κ1) is 20.4. The van der Waals surface area contributed by atoms with Gasteiger partial charge >= 0.3 is 0 Å². The summed E-state index contributed by atoms with van der Waals surface area (Å²) >= 11 is 4.74. The summed E-state index contributed by atoms with van der Waals surface area (Å²) in [5, 5.41) is 9.13. The number of Topliss-reactive ketones (excluding diaryl/α,β-unsaturated/α-hetero) is 1. The predicted octanol–water partition coefficient (Wildman–Crippen LogP) is 5.09. The number of thioether (sulfide) groups is 1. The van der Waals surface area contributed by atoms with Crippen molar-refractivity contribution in [3.8, 4) is 5.75 Å². The molecule has 0 spiro atoms. The zero-order valence-corrected chi connectivity index (χ0v) is 17.9. The first-order valence-electron chi connectivity index (χ1n) is 8.71. The predicted molar refractivity (Wildman–Crippen MR) is 115 cm³/mol. The largest absolute Gasteiger partial charge is 0.486 e. The number of nitrogens with zero attached hydrogens (tertiary/aromatic N) is 3. The molecule has 3 rings (SSSR count). The Balaban J connectivity index is 1.65. The van der Waals surface area contributed by atoms with E-state index in [-0.39, 0.29) is 11.5 Å². The minimum Gasteiger partial charge on any atom is -0.486 e. The van der Waals surface area contributed by atoms with Crippen LogP contribution in [0.4, 0.5) is 0 Å². The molecule has 0 aliphatic carbocycles. The van der Waals surface area contributed by atoms with Crippen LogP contribution in [0, 0.1) is 6.92 Å². The summed E-state index contributed by atoms with van der Waals surface area (Å²) < 4.78 is 8.68. The third kappa shape index (κ3) is 5.33. The van der Waals surface area contributed by atoms with Gasteiger partial charge in [0.2, 0.25) is 0 Å². The van der Waals surface area contributed by atoms with Crippen molar-refractivity contribution in [2.45, 2.75) is 25.2 Å². The Morgan fingerprint density at radius 2 is 1.89 bits per heavy atom. The maximum absolute atomic E-state index is 12.4. The van der Waals surface area contributed by atoms with Crippen LogP contribution in [0.2, 0.25) is 0 Å². The first-order chi connectivity index (χ1) is 13.6. The van der Waals surface area contributed by atoms with E-state index in [0.29, 0.717) is 29.7 Å². The molecule has 1 heterocycles. The SMILES string of the molecule is C=CCn1c(COc2ccc(C)cc2)nnc1SCC(=O)c1ccc(Br)cc1. The lowest BCUT2D eigenvalue weighted by Crippen LogP contribution is -2.09. The van der Waals surface area contributed by atoms with E-state index in [2.05, 4.69) is 32.7 Å². The highest BCUT2D eigenvalue weighted by atomic mass is 79.9. The minimum absolute atomic E-state index is 0.0445. The lowest BCUT2D eigenvalue weighted by atomic mass is 10.2. The van der Waals surface area contributed by atoms with Crippen LogP contribution in [0.25, 0.3) is 0 Å². The van der Waals surface area contributed by atoms with Crippen LogP contribution < -0.4 is 4.74 Å². The third-order valence-corrected chi connectivity index (χ3v) is 5.49. The summed E-state index contributed by atoms with van der Waals surface area (Å²) in [6.45, 7) is 6.68. The van der Waals surface area contributed by atoms with Crippen molar-refractivity contribution < 1.29 is 9.53 Å². The summed E-state index contributed by atoms with van der Waals surface area (Å²) in [4.78, 5) is 12.4. The molecule has 5 nitrogen and oxygen atoms in total. The number of halogens is 1. The molecule has 0 saturated carbocycles. The van der Waals surface area contributed by atoms with Crippen molar-refractivity contribution in [2.75, 3.05) is 5.75 Å². The first-order valence-corrected chi connectivity index (χ1v) is 10.5. The van der Waals surface area contributed by atoms with Gasteiger partial charge in [-0.2, -0.15) is 0 Å². The molecule has 0 radical (unpaired) electrons. The molecule has 3 aromatic rings. The maximum Gasteiger partial charge on any atom is 0.192 e. The molecular formula is C21H20BrN3O2S.